The van der Waals surface area contributed by atoms with Gasteiger partial charge in [-0.2, -0.15) is 0 Å². The average molecular weight is 265 g/mol. The zero-order valence-corrected chi connectivity index (χ0v) is 11.4. The molecule has 1 aliphatic carbocycles. The SMILES string of the molecule is CC1CCC(N(C)C(=O)c2cc(F)cnc2N)CC1. The first-order valence-electron chi connectivity index (χ1n) is 6.67. The summed E-state index contributed by atoms with van der Waals surface area (Å²) in [6.45, 7) is 2.23. The van der Waals surface area contributed by atoms with Gasteiger partial charge in [0.2, 0.25) is 0 Å². The number of amides is 1. The first-order valence-corrected chi connectivity index (χ1v) is 6.67. The zero-order valence-electron chi connectivity index (χ0n) is 11.4. The number of nitrogen functional groups attached to an aromatic ring is 1. The van der Waals surface area contributed by atoms with E-state index in [2.05, 4.69) is 11.9 Å². The molecule has 0 bridgehead atoms. The normalized spacial score (nSPS) is 23.1. The molecule has 104 valence electrons. The van der Waals surface area contributed by atoms with E-state index in [0.717, 1.165) is 43.9 Å². The van der Waals surface area contributed by atoms with Crippen molar-refractivity contribution in [1.29, 1.82) is 0 Å². The van der Waals surface area contributed by atoms with Crippen LogP contribution in [-0.4, -0.2) is 28.9 Å². The second-order valence-corrected chi connectivity index (χ2v) is 5.42. The van der Waals surface area contributed by atoms with Gasteiger partial charge in [-0.05, 0) is 37.7 Å². The van der Waals surface area contributed by atoms with Crippen LogP contribution in [-0.2, 0) is 0 Å². The fraction of sp³-hybridized carbons (Fsp3) is 0.571. The van der Waals surface area contributed by atoms with Crippen LogP contribution in [0, 0.1) is 11.7 Å². The Kier molecular flexibility index (Phi) is 4.02. The number of carbonyl (C=O) groups is 1. The summed E-state index contributed by atoms with van der Waals surface area (Å²) in [7, 11) is 1.76. The number of hydrogen-bond donors (Lipinski definition) is 1. The minimum absolute atomic E-state index is 0.0856. The maximum absolute atomic E-state index is 13.2. The number of nitrogens with zero attached hydrogens (tertiary/aromatic N) is 2. The summed E-state index contributed by atoms with van der Waals surface area (Å²) in [5.41, 5.74) is 5.81. The molecule has 1 fully saturated rings. The second-order valence-electron chi connectivity index (χ2n) is 5.42. The highest BCUT2D eigenvalue weighted by molar-refractivity contribution is 5.98. The quantitative estimate of drug-likeness (QED) is 0.893. The Hall–Kier alpha value is -1.65. The monoisotopic (exact) mass is 265 g/mol. The number of rotatable bonds is 2. The lowest BCUT2D eigenvalue weighted by Crippen LogP contribution is -2.39. The maximum Gasteiger partial charge on any atom is 0.257 e. The van der Waals surface area contributed by atoms with Gasteiger partial charge in [-0.1, -0.05) is 6.92 Å². The van der Waals surface area contributed by atoms with Crippen LogP contribution < -0.4 is 5.73 Å². The molecule has 0 saturated heterocycles. The molecule has 5 heteroatoms. The van der Waals surface area contributed by atoms with E-state index in [0.29, 0.717) is 0 Å². The van der Waals surface area contributed by atoms with Crippen LogP contribution in [0.1, 0.15) is 43.0 Å². The predicted molar refractivity (Wildman–Crippen MR) is 72.1 cm³/mol. The third-order valence-electron chi connectivity index (χ3n) is 3.97. The van der Waals surface area contributed by atoms with E-state index in [-0.39, 0.29) is 23.3 Å². The molecule has 1 saturated carbocycles. The summed E-state index contributed by atoms with van der Waals surface area (Å²) in [5, 5.41) is 0. The van der Waals surface area contributed by atoms with Crippen molar-refractivity contribution in [3.63, 3.8) is 0 Å². The van der Waals surface area contributed by atoms with Gasteiger partial charge >= 0.3 is 0 Å². The standard InChI is InChI=1S/C14H20FN3O/c1-9-3-5-11(6-4-9)18(2)14(19)12-7-10(15)8-17-13(12)16/h7-9,11H,3-6H2,1-2H3,(H2,16,17). The highest BCUT2D eigenvalue weighted by Crippen LogP contribution is 2.27. The zero-order chi connectivity index (χ0) is 14.0. The molecule has 0 aliphatic heterocycles. The summed E-state index contributed by atoms with van der Waals surface area (Å²) >= 11 is 0. The summed E-state index contributed by atoms with van der Waals surface area (Å²) in [6.07, 6.45) is 5.25. The van der Waals surface area contributed by atoms with E-state index in [1.54, 1.807) is 11.9 Å². The molecule has 1 heterocycles. The molecule has 0 unspecified atom stereocenters. The third kappa shape index (κ3) is 3.03. The van der Waals surface area contributed by atoms with Crippen molar-refractivity contribution in [2.24, 2.45) is 5.92 Å². The molecule has 1 amide bonds. The van der Waals surface area contributed by atoms with Crippen molar-refractivity contribution < 1.29 is 9.18 Å². The van der Waals surface area contributed by atoms with Gasteiger partial charge in [0.15, 0.2) is 0 Å². The van der Waals surface area contributed by atoms with Crippen LogP contribution in [0.3, 0.4) is 0 Å². The molecule has 19 heavy (non-hydrogen) atoms. The molecule has 1 aromatic rings. The smallest absolute Gasteiger partial charge is 0.257 e. The molecule has 4 nitrogen and oxygen atoms in total. The fourth-order valence-corrected chi connectivity index (χ4v) is 2.61. The van der Waals surface area contributed by atoms with Gasteiger partial charge in [0, 0.05) is 13.1 Å². The summed E-state index contributed by atoms with van der Waals surface area (Å²) in [5.74, 6) is 0.0235. The summed E-state index contributed by atoms with van der Waals surface area (Å²) in [4.78, 5) is 17.7. The Balaban J connectivity index is 2.12. The van der Waals surface area contributed by atoms with Crippen LogP contribution in [0.2, 0.25) is 0 Å². The lowest BCUT2D eigenvalue weighted by Gasteiger charge is -2.33. The Labute approximate surface area is 112 Å². The molecular weight excluding hydrogens is 245 g/mol. The molecule has 0 radical (unpaired) electrons. The van der Waals surface area contributed by atoms with Gasteiger partial charge in [-0.25, -0.2) is 9.37 Å². The highest BCUT2D eigenvalue weighted by Gasteiger charge is 2.26. The van der Waals surface area contributed by atoms with Gasteiger partial charge in [0.25, 0.3) is 5.91 Å². The van der Waals surface area contributed by atoms with Crippen LogP contribution in [0.5, 0.6) is 0 Å². The van der Waals surface area contributed by atoms with Crippen molar-refractivity contribution in [3.05, 3.63) is 23.6 Å². The lowest BCUT2D eigenvalue weighted by molar-refractivity contribution is 0.0679. The van der Waals surface area contributed by atoms with Crippen LogP contribution in [0.4, 0.5) is 10.2 Å². The Morgan fingerprint density at radius 3 is 2.68 bits per heavy atom. The number of anilines is 1. The number of aromatic nitrogens is 1. The van der Waals surface area contributed by atoms with Gasteiger partial charge in [-0.15, -0.1) is 0 Å². The van der Waals surface area contributed by atoms with Crippen LogP contribution in [0.15, 0.2) is 12.3 Å². The first kappa shape index (κ1) is 13.8. The molecule has 2 rings (SSSR count). The number of halogens is 1. The molecule has 0 aromatic carbocycles. The second kappa shape index (κ2) is 5.55. The minimum Gasteiger partial charge on any atom is -0.383 e. The van der Waals surface area contributed by atoms with E-state index < -0.39 is 5.82 Å². The third-order valence-corrected chi connectivity index (χ3v) is 3.97. The lowest BCUT2D eigenvalue weighted by atomic mass is 9.86. The predicted octanol–water partition coefficient (Wildman–Crippen LogP) is 2.45. The molecule has 2 N–H and O–H groups in total. The largest absolute Gasteiger partial charge is 0.383 e. The average Bonchev–Trinajstić information content (AvgIpc) is 2.41. The maximum atomic E-state index is 13.2. The Morgan fingerprint density at radius 1 is 1.42 bits per heavy atom. The number of hydrogen-bond acceptors (Lipinski definition) is 3. The van der Waals surface area contributed by atoms with Gasteiger partial charge in [0.1, 0.15) is 11.6 Å². The van der Waals surface area contributed by atoms with Crippen molar-refractivity contribution >= 4 is 11.7 Å². The Morgan fingerprint density at radius 2 is 2.05 bits per heavy atom. The van der Waals surface area contributed by atoms with E-state index in [1.807, 2.05) is 0 Å². The summed E-state index contributed by atoms with van der Waals surface area (Å²) < 4.78 is 13.2. The van der Waals surface area contributed by atoms with Crippen molar-refractivity contribution in [1.82, 2.24) is 9.88 Å². The van der Waals surface area contributed by atoms with Crippen molar-refractivity contribution in [2.75, 3.05) is 12.8 Å². The van der Waals surface area contributed by atoms with Crippen molar-refractivity contribution in [2.45, 2.75) is 38.6 Å². The number of pyridine rings is 1. The molecule has 1 aromatic heterocycles. The molecule has 1 aliphatic rings. The first-order chi connectivity index (χ1) is 8.99. The van der Waals surface area contributed by atoms with E-state index in [9.17, 15) is 9.18 Å². The van der Waals surface area contributed by atoms with Crippen LogP contribution >= 0.6 is 0 Å². The van der Waals surface area contributed by atoms with Crippen LogP contribution in [0.25, 0.3) is 0 Å². The molecule has 0 spiro atoms. The topological polar surface area (TPSA) is 59.2 Å². The van der Waals surface area contributed by atoms with E-state index in [4.69, 9.17) is 5.73 Å². The molecule has 0 atom stereocenters. The van der Waals surface area contributed by atoms with E-state index >= 15 is 0 Å². The number of carbonyl (C=O) groups excluding carboxylic acids is 1. The number of nitrogens with two attached hydrogens (primary N) is 1. The van der Waals surface area contributed by atoms with E-state index in [1.165, 1.54) is 0 Å². The minimum atomic E-state index is -0.539. The summed E-state index contributed by atoms with van der Waals surface area (Å²) in [6, 6.07) is 1.37. The fourth-order valence-electron chi connectivity index (χ4n) is 2.61. The van der Waals surface area contributed by atoms with Crippen molar-refractivity contribution in [3.8, 4) is 0 Å². The van der Waals surface area contributed by atoms with Gasteiger partial charge in [0.05, 0.1) is 11.8 Å². The van der Waals surface area contributed by atoms with Gasteiger partial charge in [-0.3, -0.25) is 4.79 Å². The molecular formula is C14H20FN3O. The Bertz CT molecular complexity index is 470. The van der Waals surface area contributed by atoms with Gasteiger partial charge < -0.3 is 10.6 Å². The highest BCUT2D eigenvalue weighted by atomic mass is 19.1.